The number of nitrogens with zero attached hydrogens (tertiary/aromatic N) is 2. The molecule has 1 aliphatic heterocycles. The van der Waals surface area contributed by atoms with Crippen LogP contribution in [0.4, 0.5) is 0 Å². The van der Waals surface area contributed by atoms with Gasteiger partial charge in [0, 0.05) is 26.2 Å². The Kier molecular flexibility index (Phi) is 8.91. The van der Waals surface area contributed by atoms with E-state index in [4.69, 9.17) is 9.47 Å². The number of benzene rings is 2. The van der Waals surface area contributed by atoms with Crippen LogP contribution in [-0.2, 0) is 9.59 Å². The van der Waals surface area contributed by atoms with Crippen LogP contribution < -0.4 is 9.47 Å². The Labute approximate surface area is 198 Å². The summed E-state index contributed by atoms with van der Waals surface area (Å²) in [6, 6.07) is 8.22. The standard InChI is InChI=1S/C26H34N2O4.CH4/c1-17-11-19(3)25(20(4)12-17)31-15-23(29)27-7-9-28(10-8-27)24(30)16-32-26-21(5)13-18(2)14-22(26)6;/h11-14H,7-10,15-16H2,1-6H3;1H4. The van der Waals surface area contributed by atoms with Crippen molar-refractivity contribution in [2.24, 2.45) is 0 Å². The van der Waals surface area contributed by atoms with Gasteiger partial charge in [-0.05, 0) is 63.8 Å². The molecule has 1 heterocycles. The van der Waals surface area contributed by atoms with E-state index < -0.39 is 0 Å². The summed E-state index contributed by atoms with van der Waals surface area (Å²) >= 11 is 0. The number of carbonyl (C=O) groups excluding carboxylic acids is 2. The van der Waals surface area contributed by atoms with E-state index in [0.29, 0.717) is 26.2 Å². The molecule has 0 N–H and O–H groups in total. The van der Waals surface area contributed by atoms with E-state index in [2.05, 4.69) is 24.3 Å². The number of hydrogen-bond donors (Lipinski definition) is 0. The Bertz CT molecular complexity index is 880. The van der Waals surface area contributed by atoms with Crippen molar-refractivity contribution >= 4 is 11.8 Å². The van der Waals surface area contributed by atoms with E-state index in [-0.39, 0.29) is 32.5 Å². The lowest BCUT2D eigenvalue weighted by molar-refractivity contribution is -0.141. The monoisotopic (exact) mass is 454 g/mol. The van der Waals surface area contributed by atoms with Gasteiger partial charge < -0.3 is 19.3 Å². The third kappa shape index (κ3) is 6.50. The lowest BCUT2D eigenvalue weighted by atomic mass is 10.1. The number of amides is 2. The average molecular weight is 455 g/mol. The van der Waals surface area contributed by atoms with Gasteiger partial charge in [0.2, 0.25) is 0 Å². The zero-order chi connectivity index (χ0) is 23.4. The van der Waals surface area contributed by atoms with Gasteiger partial charge in [0.1, 0.15) is 11.5 Å². The Balaban J connectivity index is 0.00000385. The van der Waals surface area contributed by atoms with E-state index in [1.165, 1.54) is 11.1 Å². The highest BCUT2D eigenvalue weighted by atomic mass is 16.5. The lowest BCUT2D eigenvalue weighted by Crippen LogP contribution is -2.52. The predicted octanol–water partition coefficient (Wildman–Crippen LogP) is 4.30. The highest BCUT2D eigenvalue weighted by Crippen LogP contribution is 2.25. The van der Waals surface area contributed by atoms with Crippen molar-refractivity contribution in [3.8, 4) is 11.5 Å². The highest BCUT2D eigenvalue weighted by Gasteiger charge is 2.25. The molecule has 0 aromatic heterocycles. The van der Waals surface area contributed by atoms with Gasteiger partial charge in [0.05, 0.1) is 0 Å². The van der Waals surface area contributed by atoms with Crippen LogP contribution in [0.1, 0.15) is 40.8 Å². The molecule has 0 aliphatic carbocycles. The maximum atomic E-state index is 12.6. The Morgan fingerprint density at radius 1 is 0.636 bits per heavy atom. The molecule has 0 spiro atoms. The molecule has 3 rings (SSSR count). The van der Waals surface area contributed by atoms with Crippen molar-refractivity contribution in [2.75, 3.05) is 39.4 Å². The van der Waals surface area contributed by atoms with Gasteiger partial charge in [-0.2, -0.15) is 0 Å². The second kappa shape index (κ2) is 11.2. The molecule has 33 heavy (non-hydrogen) atoms. The molecule has 2 amide bonds. The summed E-state index contributed by atoms with van der Waals surface area (Å²) in [4.78, 5) is 28.8. The molecule has 2 aromatic rings. The van der Waals surface area contributed by atoms with E-state index in [1.807, 2.05) is 41.5 Å². The van der Waals surface area contributed by atoms with Gasteiger partial charge in [-0.1, -0.05) is 42.8 Å². The van der Waals surface area contributed by atoms with E-state index in [1.54, 1.807) is 9.80 Å². The summed E-state index contributed by atoms with van der Waals surface area (Å²) in [5.41, 5.74) is 6.48. The maximum Gasteiger partial charge on any atom is 0.260 e. The first-order valence-electron chi connectivity index (χ1n) is 11.1. The van der Waals surface area contributed by atoms with Crippen LogP contribution in [0.25, 0.3) is 0 Å². The van der Waals surface area contributed by atoms with Crippen LogP contribution >= 0.6 is 0 Å². The molecule has 1 fully saturated rings. The third-order valence-corrected chi connectivity index (χ3v) is 5.87. The molecule has 180 valence electrons. The number of rotatable bonds is 6. The first-order valence-corrected chi connectivity index (χ1v) is 11.1. The first-order chi connectivity index (χ1) is 15.2. The van der Waals surface area contributed by atoms with Crippen LogP contribution in [0.15, 0.2) is 24.3 Å². The van der Waals surface area contributed by atoms with Gasteiger partial charge in [-0.15, -0.1) is 0 Å². The molecule has 0 unspecified atom stereocenters. The van der Waals surface area contributed by atoms with Crippen molar-refractivity contribution in [1.29, 1.82) is 0 Å². The first kappa shape index (κ1) is 26.2. The Morgan fingerprint density at radius 2 is 0.909 bits per heavy atom. The van der Waals surface area contributed by atoms with Crippen LogP contribution in [0.5, 0.6) is 11.5 Å². The minimum atomic E-state index is -0.0568. The Hall–Kier alpha value is -3.02. The normalized spacial score (nSPS) is 13.4. The number of ether oxygens (including phenoxy) is 2. The SMILES string of the molecule is C.Cc1cc(C)c(OCC(=O)N2CCN(C(=O)COc3c(C)cc(C)cc3C)CC2)c(C)c1. The number of hydrogen-bond acceptors (Lipinski definition) is 4. The Morgan fingerprint density at radius 3 is 1.18 bits per heavy atom. The predicted molar refractivity (Wildman–Crippen MR) is 132 cm³/mol. The van der Waals surface area contributed by atoms with Crippen molar-refractivity contribution < 1.29 is 19.1 Å². The van der Waals surface area contributed by atoms with Gasteiger partial charge in [0.25, 0.3) is 11.8 Å². The molecule has 0 radical (unpaired) electrons. The summed E-state index contributed by atoms with van der Waals surface area (Å²) in [5, 5.41) is 0. The van der Waals surface area contributed by atoms with Crippen LogP contribution in [0.3, 0.4) is 0 Å². The van der Waals surface area contributed by atoms with Crippen LogP contribution in [0, 0.1) is 41.5 Å². The lowest BCUT2D eigenvalue weighted by Gasteiger charge is -2.34. The molecule has 1 saturated heterocycles. The van der Waals surface area contributed by atoms with E-state index in [9.17, 15) is 9.59 Å². The molecule has 6 heteroatoms. The minimum Gasteiger partial charge on any atom is -0.483 e. The van der Waals surface area contributed by atoms with Crippen LogP contribution in [0.2, 0.25) is 0 Å². The second-order valence-electron chi connectivity index (χ2n) is 8.79. The van der Waals surface area contributed by atoms with E-state index in [0.717, 1.165) is 33.8 Å². The topological polar surface area (TPSA) is 59.1 Å². The minimum absolute atomic E-state index is 0. The van der Waals surface area contributed by atoms with Gasteiger partial charge in [0.15, 0.2) is 13.2 Å². The summed E-state index contributed by atoms with van der Waals surface area (Å²) < 4.78 is 11.7. The molecule has 6 nitrogen and oxygen atoms in total. The van der Waals surface area contributed by atoms with Gasteiger partial charge >= 0.3 is 0 Å². The van der Waals surface area contributed by atoms with Crippen LogP contribution in [-0.4, -0.2) is 61.0 Å². The largest absolute Gasteiger partial charge is 0.483 e. The third-order valence-electron chi connectivity index (χ3n) is 5.87. The smallest absolute Gasteiger partial charge is 0.260 e. The quantitative estimate of drug-likeness (QED) is 0.653. The fourth-order valence-electron chi connectivity index (χ4n) is 4.44. The fraction of sp³-hybridized carbons (Fsp3) is 0.481. The summed E-state index contributed by atoms with van der Waals surface area (Å²) in [6.07, 6.45) is 0. The van der Waals surface area contributed by atoms with Crippen molar-refractivity contribution in [3.05, 3.63) is 57.6 Å². The van der Waals surface area contributed by atoms with Gasteiger partial charge in [-0.3, -0.25) is 9.59 Å². The van der Waals surface area contributed by atoms with Crippen molar-refractivity contribution in [1.82, 2.24) is 9.80 Å². The fourth-order valence-corrected chi connectivity index (χ4v) is 4.44. The molecule has 0 saturated carbocycles. The molecule has 2 aromatic carbocycles. The molecule has 1 aliphatic rings. The van der Waals surface area contributed by atoms with Gasteiger partial charge in [-0.25, -0.2) is 0 Å². The summed E-state index contributed by atoms with van der Waals surface area (Å²) in [5.74, 6) is 1.44. The number of piperazine rings is 1. The molecular weight excluding hydrogens is 416 g/mol. The maximum absolute atomic E-state index is 12.6. The van der Waals surface area contributed by atoms with Crippen molar-refractivity contribution in [2.45, 2.75) is 49.0 Å². The number of carbonyl (C=O) groups is 2. The zero-order valence-electron chi connectivity index (χ0n) is 20.1. The second-order valence-corrected chi connectivity index (χ2v) is 8.79. The molecule has 0 atom stereocenters. The highest BCUT2D eigenvalue weighted by molar-refractivity contribution is 5.80. The zero-order valence-corrected chi connectivity index (χ0v) is 20.1. The van der Waals surface area contributed by atoms with E-state index >= 15 is 0 Å². The summed E-state index contributed by atoms with van der Waals surface area (Å²) in [7, 11) is 0. The van der Waals surface area contributed by atoms with Crippen molar-refractivity contribution in [3.63, 3.8) is 0 Å². The average Bonchev–Trinajstić information content (AvgIpc) is 2.72. The number of aryl methyl sites for hydroxylation is 6. The molecular formula is C27H38N2O4. The molecule has 0 bridgehead atoms. The summed E-state index contributed by atoms with van der Waals surface area (Å²) in [6.45, 7) is 14.1.